The fourth-order valence-electron chi connectivity index (χ4n) is 1.87. The number of carbonyl (C=O) groups is 1. The number of methoxy groups -OCH3 is 1. The maximum atomic E-state index is 12.3. The summed E-state index contributed by atoms with van der Waals surface area (Å²) in [5.41, 5.74) is 2.02. The van der Waals surface area contributed by atoms with Crippen LogP contribution in [-0.2, 0) is 19.4 Å². The van der Waals surface area contributed by atoms with E-state index in [9.17, 15) is 13.2 Å². The molecule has 2 aromatic rings. The number of hydrogen-bond donors (Lipinski definition) is 0. The number of benzene rings is 2. The van der Waals surface area contributed by atoms with Gasteiger partial charge >= 0.3 is 5.97 Å². The molecular weight excluding hydrogens is 320 g/mol. The summed E-state index contributed by atoms with van der Waals surface area (Å²) in [5, 5.41) is 0. The van der Waals surface area contributed by atoms with E-state index in [4.69, 9.17) is 4.74 Å². The van der Waals surface area contributed by atoms with Gasteiger partial charge in [0, 0.05) is 5.75 Å². The fraction of sp³-hybridized carbons (Fsp3) is 0.188. The van der Waals surface area contributed by atoms with Crippen LogP contribution < -0.4 is 0 Å². The molecule has 2 aromatic carbocycles. The molecule has 22 heavy (non-hydrogen) atoms. The van der Waals surface area contributed by atoms with E-state index in [1.807, 2.05) is 6.92 Å². The Morgan fingerprint density at radius 1 is 1.09 bits per heavy atom. The van der Waals surface area contributed by atoms with Crippen LogP contribution in [0, 0.1) is 6.92 Å². The van der Waals surface area contributed by atoms with Crippen molar-refractivity contribution in [1.29, 1.82) is 0 Å². The van der Waals surface area contributed by atoms with E-state index in [1.165, 1.54) is 7.11 Å². The Morgan fingerprint density at radius 2 is 1.73 bits per heavy atom. The molecule has 0 aliphatic rings. The minimum Gasteiger partial charge on any atom is -0.465 e. The Labute approximate surface area is 133 Å². The van der Waals surface area contributed by atoms with Gasteiger partial charge in [0.25, 0.3) is 0 Å². The molecule has 0 N–H and O–H groups in total. The summed E-state index contributed by atoms with van der Waals surface area (Å²) in [5.74, 6) is -0.287. The summed E-state index contributed by atoms with van der Waals surface area (Å²) in [6.07, 6.45) is 0. The van der Waals surface area contributed by atoms with Crippen LogP contribution in [0.2, 0.25) is 0 Å². The van der Waals surface area contributed by atoms with Crippen molar-refractivity contribution in [1.82, 2.24) is 0 Å². The van der Waals surface area contributed by atoms with Crippen molar-refractivity contribution in [3.8, 4) is 0 Å². The van der Waals surface area contributed by atoms with Crippen molar-refractivity contribution in [2.24, 2.45) is 0 Å². The van der Waals surface area contributed by atoms with Crippen LogP contribution in [0.5, 0.6) is 0 Å². The summed E-state index contributed by atoms with van der Waals surface area (Å²) >= 11 is 0. The van der Waals surface area contributed by atoms with Crippen molar-refractivity contribution in [2.45, 2.75) is 17.6 Å². The van der Waals surface area contributed by atoms with Gasteiger partial charge in [-0.05, 0) is 41.5 Å². The molecule has 6 heteroatoms. The lowest BCUT2D eigenvalue weighted by Crippen LogP contribution is -2.05. The minimum absolute atomic E-state index is 0.182. The van der Waals surface area contributed by atoms with Gasteiger partial charge in [0.2, 0.25) is 8.87 Å². The molecule has 0 atom stereocenters. The molecule has 4 nitrogen and oxygen atoms in total. The largest absolute Gasteiger partial charge is 0.465 e. The van der Waals surface area contributed by atoms with Crippen molar-refractivity contribution in [2.75, 3.05) is 7.11 Å². The highest BCUT2D eigenvalue weighted by Crippen LogP contribution is 2.28. The lowest BCUT2D eigenvalue weighted by molar-refractivity contribution is 0.0600. The van der Waals surface area contributed by atoms with Crippen LogP contribution >= 0.6 is 10.8 Å². The number of esters is 1. The molecule has 2 rings (SSSR count). The lowest BCUT2D eigenvalue weighted by atomic mass is 10.1. The maximum Gasteiger partial charge on any atom is 0.338 e. The first kappa shape index (κ1) is 16.6. The molecule has 0 amide bonds. The quantitative estimate of drug-likeness (QED) is 0.618. The summed E-state index contributed by atoms with van der Waals surface area (Å²) in [7, 11) is -1.36. The topological polar surface area (TPSA) is 60.4 Å². The van der Waals surface area contributed by atoms with Gasteiger partial charge in [-0.25, -0.2) is 13.2 Å². The van der Waals surface area contributed by atoms with Crippen molar-refractivity contribution >= 4 is 25.6 Å². The third-order valence-electron chi connectivity index (χ3n) is 3.10. The SMILES string of the molecule is COC(=O)c1ccccc1CSS(=O)(=O)c1ccc(C)cc1. The van der Waals surface area contributed by atoms with E-state index in [1.54, 1.807) is 48.5 Å². The van der Waals surface area contributed by atoms with Crippen molar-refractivity contribution < 1.29 is 17.9 Å². The Bertz CT molecular complexity index is 765. The van der Waals surface area contributed by atoms with E-state index in [0.29, 0.717) is 11.1 Å². The smallest absolute Gasteiger partial charge is 0.338 e. The van der Waals surface area contributed by atoms with E-state index < -0.39 is 14.8 Å². The minimum atomic E-state index is -3.46. The predicted octanol–water partition coefficient (Wildman–Crippen LogP) is 3.40. The number of aryl methyl sites for hydroxylation is 1. The second-order valence-corrected chi connectivity index (χ2v) is 8.61. The normalized spacial score (nSPS) is 11.2. The number of hydrogen-bond acceptors (Lipinski definition) is 5. The molecule has 0 unspecified atom stereocenters. The molecule has 0 heterocycles. The standard InChI is InChI=1S/C16H16O4S2/c1-12-7-9-14(10-8-12)22(18,19)21-11-13-5-3-4-6-15(13)16(17)20-2/h3-10H,11H2,1-2H3. The van der Waals surface area contributed by atoms with Gasteiger partial charge in [-0.1, -0.05) is 35.9 Å². The summed E-state index contributed by atoms with van der Waals surface area (Å²) in [6.45, 7) is 1.90. The zero-order valence-corrected chi connectivity index (χ0v) is 13.9. The van der Waals surface area contributed by atoms with Crippen LogP contribution in [0.3, 0.4) is 0 Å². The van der Waals surface area contributed by atoms with Gasteiger partial charge in [0.1, 0.15) is 0 Å². The van der Waals surface area contributed by atoms with Crippen LogP contribution in [0.15, 0.2) is 53.4 Å². The van der Waals surface area contributed by atoms with Gasteiger partial charge in [-0.2, -0.15) is 0 Å². The molecule has 0 saturated carbocycles. The van der Waals surface area contributed by atoms with E-state index in [2.05, 4.69) is 0 Å². The highest BCUT2D eigenvalue weighted by Gasteiger charge is 2.18. The highest BCUT2D eigenvalue weighted by atomic mass is 33.1. The third kappa shape index (κ3) is 3.90. The van der Waals surface area contributed by atoms with Gasteiger partial charge in [-0.15, -0.1) is 0 Å². The molecule has 0 aliphatic heterocycles. The van der Waals surface area contributed by atoms with Gasteiger partial charge in [0.15, 0.2) is 0 Å². The molecule has 116 valence electrons. The van der Waals surface area contributed by atoms with Crippen molar-refractivity contribution in [3.63, 3.8) is 0 Å². The highest BCUT2D eigenvalue weighted by molar-refractivity contribution is 8.71. The monoisotopic (exact) mass is 336 g/mol. The number of rotatable bonds is 5. The molecule has 0 aromatic heterocycles. The molecule has 0 fully saturated rings. The van der Waals surface area contributed by atoms with E-state index >= 15 is 0 Å². The Balaban J connectivity index is 2.19. The molecule has 0 saturated heterocycles. The fourth-order valence-corrected chi connectivity index (χ4v) is 4.60. The first-order valence-electron chi connectivity index (χ1n) is 6.56. The summed E-state index contributed by atoms with van der Waals surface area (Å²) in [4.78, 5) is 11.9. The number of carbonyl (C=O) groups excluding carboxylic acids is 1. The second kappa shape index (κ2) is 6.98. The van der Waals surface area contributed by atoms with Crippen LogP contribution in [0.25, 0.3) is 0 Å². The van der Waals surface area contributed by atoms with Crippen LogP contribution in [-0.4, -0.2) is 21.5 Å². The molecule has 0 aliphatic carbocycles. The zero-order chi connectivity index (χ0) is 16.2. The Hall–Kier alpha value is -1.79. The average molecular weight is 336 g/mol. The maximum absolute atomic E-state index is 12.3. The van der Waals surface area contributed by atoms with Crippen molar-refractivity contribution in [3.05, 3.63) is 65.2 Å². The van der Waals surface area contributed by atoms with Crippen LogP contribution in [0.1, 0.15) is 21.5 Å². The average Bonchev–Trinajstić information content (AvgIpc) is 2.53. The Morgan fingerprint density at radius 3 is 2.36 bits per heavy atom. The molecule has 0 radical (unpaired) electrons. The Kier molecular flexibility index (Phi) is 5.26. The summed E-state index contributed by atoms with van der Waals surface area (Å²) < 4.78 is 29.3. The lowest BCUT2D eigenvalue weighted by Gasteiger charge is -2.08. The van der Waals surface area contributed by atoms with Crippen LogP contribution in [0.4, 0.5) is 0 Å². The molecule has 0 bridgehead atoms. The second-order valence-electron chi connectivity index (χ2n) is 4.68. The molecular formula is C16H16O4S2. The van der Waals surface area contributed by atoms with E-state index in [0.717, 1.165) is 16.4 Å². The van der Waals surface area contributed by atoms with Gasteiger partial charge in [0.05, 0.1) is 17.6 Å². The predicted molar refractivity (Wildman–Crippen MR) is 87.4 cm³/mol. The van der Waals surface area contributed by atoms with Gasteiger partial charge in [-0.3, -0.25) is 0 Å². The van der Waals surface area contributed by atoms with E-state index in [-0.39, 0.29) is 10.6 Å². The number of ether oxygens (including phenoxy) is 1. The zero-order valence-electron chi connectivity index (χ0n) is 12.3. The third-order valence-corrected chi connectivity index (χ3v) is 6.55. The first-order valence-corrected chi connectivity index (χ1v) is 9.55. The molecule has 0 spiro atoms. The first-order chi connectivity index (χ1) is 10.4. The summed E-state index contributed by atoms with van der Waals surface area (Å²) in [6, 6.07) is 13.5. The van der Waals surface area contributed by atoms with Gasteiger partial charge < -0.3 is 4.74 Å².